The van der Waals surface area contributed by atoms with Gasteiger partial charge in [-0.2, -0.15) is 0 Å². The number of Topliss-reactive ketones (excluding diaryl/α,β-unsaturated/α-hetero) is 1. The summed E-state index contributed by atoms with van der Waals surface area (Å²) in [5.41, 5.74) is 1.21. The van der Waals surface area contributed by atoms with Gasteiger partial charge in [-0.25, -0.2) is 4.79 Å². The van der Waals surface area contributed by atoms with Gasteiger partial charge < -0.3 is 15.4 Å². The number of ether oxygens (including phenoxy) is 1. The Kier molecular flexibility index (Phi) is 4.62. The largest absolute Gasteiger partial charge is 0.493 e. The van der Waals surface area contributed by atoms with Gasteiger partial charge in [0.25, 0.3) is 0 Å². The van der Waals surface area contributed by atoms with E-state index in [0.29, 0.717) is 18.1 Å². The van der Waals surface area contributed by atoms with Crippen LogP contribution in [0.1, 0.15) is 31.9 Å². The number of benzene rings is 1. The zero-order valence-electron chi connectivity index (χ0n) is 12.3. The van der Waals surface area contributed by atoms with Crippen molar-refractivity contribution in [1.29, 1.82) is 0 Å². The van der Waals surface area contributed by atoms with Crippen LogP contribution in [0.25, 0.3) is 0 Å². The third-order valence-corrected chi connectivity index (χ3v) is 3.42. The summed E-state index contributed by atoms with van der Waals surface area (Å²) in [5.74, 6) is 0.127. The molecule has 2 rings (SSSR count). The van der Waals surface area contributed by atoms with Crippen LogP contribution in [0.3, 0.4) is 0 Å². The first-order valence-corrected chi connectivity index (χ1v) is 7.03. The lowest BCUT2D eigenvalue weighted by atomic mass is 9.86. The van der Waals surface area contributed by atoms with E-state index in [1.807, 2.05) is 31.2 Å². The summed E-state index contributed by atoms with van der Waals surface area (Å²) in [6.07, 6.45) is 0.885. The number of hydrogen-bond donors (Lipinski definition) is 2. The molecule has 5 nitrogen and oxygen atoms in total. The highest BCUT2D eigenvalue weighted by Gasteiger charge is 2.36. The molecule has 1 heterocycles. The summed E-state index contributed by atoms with van der Waals surface area (Å²) in [6.45, 7) is 7.91. The Labute approximate surface area is 124 Å². The van der Waals surface area contributed by atoms with Crippen LogP contribution < -0.4 is 15.4 Å². The van der Waals surface area contributed by atoms with Crippen LogP contribution in [0, 0.1) is 5.92 Å². The van der Waals surface area contributed by atoms with E-state index in [0.717, 1.165) is 12.0 Å². The fourth-order valence-corrected chi connectivity index (χ4v) is 2.50. The molecular formula is C16H20N2O3. The highest BCUT2D eigenvalue weighted by molar-refractivity contribution is 5.88. The molecule has 0 unspecified atom stereocenters. The van der Waals surface area contributed by atoms with E-state index in [2.05, 4.69) is 17.2 Å². The van der Waals surface area contributed by atoms with Crippen molar-refractivity contribution >= 4 is 11.8 Å². The number of urea groups is 1. The van der Waals surface area contributed by atoms with Gasteiger partial charge in [0.15, 0.2) is 0 Å². The van der Waals surface area contributed by atoms with Gasteiger partial charge in [0.05, 0.1) is 18.6 Å². The van der Waals surface area contributed by atoms with E-state index in [4.69, 9.17) is 4.74 Å². The molecule has 1 aliphatic rings. The van der Waals surface area contributed by atoms with Crippen molar-refractivity contribution in [3.63, 3.8) is 0 Å². The van der Waals surface area contributed by atoms with Crippen LogP contribution in [0.2, 0.25) is 0 Å². The zero-order chi connectivity index (χ0) is 15.4. The number of ketones is 1. The van der Waals surface area contributed by atoms with Gasteiger partial charge >= 0.3 is 6.03 Å². The maximum atomic E-state index is 11.9. The van der Waals surface area contributed by atoms with Crippen molar-refractivity contribution in [2.45, 2.75) is 26.3 Å². The second-order valence-corrected chi connectivity index (χ2v) is 5.08. The average Bonchev–Trinajstić information content (AvgIpc) is 2.44. The summed E-state index contributed by atoms with van der Waals surface area (Å²) < 4.78 is 5.73. The maximum absolute atomic E-state index is 11.9. The molecule has 0 radical (unpaired) electrons. The van der Waals surface area contributed by atoms with Gasteiger partial charge in [-0.1, -0.05) is 31.7 Å². The van der Waals surface area contributed by atoms with Crippen LogP contribution in [-0.4, -0.2) is 18.4 Å². The molecule has 0 spiro atoms. The van der Waals surface area contributed by atoms with Gasteiger partial charge in [0, 0.05) is 11.3 Å². The second-order valence-electron chi connectivity index (χ2n) is 5.08. The quantitative estimate of drug-likeness (QED) is 0.875. The topological polar surface area (TPSA) is 67.4 Å². The monoisotopic (exact) mass is 288 g/mol. The minimum absolute atomic E-state index is 0.0530. The first kappa shape index (κ1) is 15.1. The van der Waals surface area contributed by atoms with Crippen LogP contribution >= 0.6 is 0 Å². The lowest BCUT2D eigenvalue weighted by molar-refractivity contribution is -0.120. The lowest BCUT2D eigenvalue weighted by Gasteiger charge is -2.34. The average molecular weight is 288 g/mol. The Balaban J connectivity index is 2.39. The van der Waals surface area contributed by atoms with E-state index < -0.39 is 12.0 Å². The predicted octanol–water partition coefficient (Wildman–Crippen LogP) is 2.55. The Bertz CT molecular complexity index is 568. The van der Waals surface area contributed by atoms with Gasteiger partial charge in [0.2, 0.25) is 0 Å². The number of nitrogens with one attached hydrogen (secondary N) is 2. The highest BCUT2D eigenvalue weighted by Crippen LogP contribution is 2.35. The first-order valence-electron chi connectivity index (χ1n) is 7.03. The number of rotatable bonds is 5. The molecule has 1 aliphatic heterocycles. The lowest BCUT2D eigenvalue weighted by Crippen LogP contribution is -2.50. The summed E-state index contributed by atoms with van der Waals surface area (Å²) in [5, 5.41) is 5.37. The Morgan fingerprint density at radius 3 is 2.76 bits per heavy atom. The van der Waals surface area contributed by atoms with Crippen molar-refractivity contribution in [3.05, 3.63) is 42.1 Å². The summed E-state index contributed by atoms with van der Waals surface area (Å²) in [7, 11) is 0. The third kappa shape index (κ3) is 3.24. The Hall–Kier alpha value is -2.30. The Morgan fingerprint density at radius 1 is 1.38 bits per heavy atom. The van der Waals surface area contributed by atoms with Gasteiger partial charge in [-0.3, -0.25) is 4.79 Å². The first-order chi connectivity index (χ1) is 10.0. The van der Waals surface area contributed by atoms with E-state index in [1.54, 1.807) is 0 Å². The minimum atomic E-state index is -0.505. The predicted molar refractivity (Wildman–Crippen MR) is 79.9 cm³/mol. The molecule has 1 saturated heterocycles. The van der Waals surface area contributed by atoms with E-state index in [-0.39, 0.29) is 11.8 Å². The number of carbonyl (C=O) groups excluding carboxylic acids is 2. The molecule has 0 aliphatic carbocycles. The second kappa shape index (κ2) is 6.43. The van der Waals surface area contributed by atoms with Crippen LogP contribution in [0.15, 0.2) is 36.5 Å². The van der Waals surface area contributed by atoms with Gasteiger partial charge in [-0.15, -0.1) is 0 Å². The van der Waals surface area contributed by atoms with Crippen molar-refractivity contribution in [2.75, 3.05) is 6.61 Å². The van der Waals surface area contributed by atoms with Crippen LogP contribution in [0.5, 0.6) is 5.75 Å². The van der Waals surface area contributed by atoms with Crippen molar-refractivity contribution in [1.82, 2.24) is 10.6 Å². The number of hydrogen-bond acceptors (Lipinski definition) is 3. The molecule has 2 amide bonds. The summed E-state index contributed by atoms with van der Waals surface area (Å²) >= 11 is 0. The summed E-state index contributed by atoms with van der Waals surface area (Å²) in [4.78, 5) is 23.6. The molecule has 0 saturated carbocycles. The molecular weight excluding hydrogens is 268 g/mol. The van der Waals surface area contributed by atoms with E-state index >= 15 is 0 Å². The molecule has 1 fully saturated rings. The standard InChI is InChI=1S/C16H20N2O3/c1-4-9-21-13-8-6-5-7-12(13)15-14(11(3)19)10(2)17-16(20)18-15/h5-8,14-15H,2,4,9H2,1,3H3,(H2,17,18,20)/t14-,15-/m1/s1. The third-order valence-electron chi connectivity index (χ3n) is 3.42. The summed E-state index contributed by atoms with van der Waals surface area (Å²) in [6, 6.07) is 6.63. The number of para-hydroxylation sites is 1. The van der Waals surface area contributed by atoms with Gasteiger partial charge in [0.1, 0.15) is 11.5 Å². The van der Waals surface area contributed by atoms with Crippen LogP contribution in [0.4, 0.5) is 4.79 Å². The van der Waals surface area contributed by atoms with Crippen molar-refractivity contribution in [3.8, 4) is 5.75 Å². The fourth-order valence-electron chi connectivity index (χ4n) is 2.50. The number of amides is 2. The van der Waals surface area contributed by atoms with Crippen LogP contribution in [-0.2, 0) is 4.79 Å². The number of carbonyl (C=O) groups is 2. The molecule has 0 aromatic heterocycles. The molecule has 21 heavy (non-hydrogen) atoms. The van der Waals surface area contributed by atoms with Gasteiger partial charge in [-0.05, 0) is 19.4 Å². The van der Waals surface area contributed by atoms with Crippen molar-refractivity contribution in [2.24, 2.45) is 5.92 Å². The highest BCUT2D eigenvalue weighted by atomic mass is 16.5. The Morgan fingerprint density at radius 2 is 2.10 bits per heavy atom. The molecule has 112 valence electrons. The minimum Gasteiger partial charge on any atom is -0.493 e. The molecule has 2 N–H and O–H groups in total. The smallest absolute Gasteiger partial charge is 0.319 e. The molecule has 1 aromatic carbocycles. The molecule has 5 heteroatoms. The molecule has 0 bridgehead atoms. The maximum Gasteiger partial charge on any atom is 0.319 e. The zero-order valence-corrected chi connectivity index (χ0v) is 12.3. The molecule has 2 atom stereocenters. The van der Waals surface area contributed by atoms with E-state index in [1.165, 1.54) is 6.92 Å². The van der Waals surface area contributed by atoms with Crippen molar-refractivity contribution < 1.29 is 14.3 Å². The van der Waals surface area contributed by atoms with E-state index in [9.17, 15) is 9.59 Å². The normalized spacial score (nSPS) is 21.4. The SMILES string of the molecule is C=C1NC(=O)N[C@H](c2ccccc2OCCC)[C@H]1C(C)=O. The fraction of sp³-hybridized carbons (Fsp3) is 0.375. The molecule has 1 aromatic rings.